The maximum Gasteiger partial charge on any atom is 0.131 e. The summed E-state index contributed by atoms with van der Waals surface area (Å²) in [5, 5.41) is 0. The Morgan fingerprint density at radius 1 is 0.667 bits per heavy atom. The van der Waals surface area contributed by atoms with Crippen LogP contribution in [0.1, 0.15) is 51.9 Å². The highest BCUT2D eigenvalue weighted by Gasteiger charge is 2.12. The van der Waals surface area contributed by atoms with Crippen LogP contribution in [0.15, 0.2) is 66.7 Å². The Balaban J connectivity index is 1.63. The SMILES string of the molecule is CCCCCCCCCOc1ccc(-c2cc(F)ccc2-c2ccccc2F)cc1. The zero-order valence-electron chi connectivity index (χ0n) is 17.7. The molecule has 0 saturated heterocycles. The number of hydrogen-bond acceptors (Lipinski definition) is 1. The second-order valence-electron chi connectivity index (χ2n) is 7.66. The van der Waals surface area contributed by atoms with Gasteiger partial charge in [0.15, 0.2) is 0 Å². The van der Waals surface area contributed by atoms with E-state index in [0.29, 0.717) is 23.3 Å². The predicted octanol–water partition coefficient (Wildman–Crippen LogP) is 8.43. The number of benzene rings is 3. The summed E-state index contributed by atoms with van der Waals surface area (Å²) >= 11 is 0. The van der Waals surface area contributed by atoms with Crippen molar-refractivity contribution in [2.45, 2.75) is 51.9 Å². The molecular formula is C27H30F2O. The van der Waals surface area contributed by atoms with Crippen LogP contribution in [0.4, 0.5) is 8.78 Å². The molecular weight excluding hydrogens is 378 g/mol. The topological polar surface area (TPSA) is 9.23 Å². The van der Waals surface area contributed by atoms with Crippen molar-refractivity contribution >= 4 is 0 Å². The molecule has 3 aromatic rings. The minimum absolute atomic E-state index is 0.319. The molecule has 0 radical (unpaired) electrons. The van der Waals surface area contributed by atoms with Gasteiger partial charge in [0.25, 0.3) is 0 Å². The van der Waals surface area contributed by atoms with E-state index in [4.69, 9.17) is 4.74 Å². The number of ether oxygens (including phenoxy) is 1. The number of unbranched alkanes of at least 4 members (excludes halogenated alkanes) is 6. The molecule has 0 aliphatic carbocycles. The summed E-state index contributed by atoms with van der Waals surface area (Å²) in [5.41, 5.74) is 2.63. The average molecular weight is 409 g/mol. The van der Waals surface area contributed by atoms with E-state index < -0.39 is 0 Å². The van der Waals surface area contributed by atoms with Crippen molar-refractivity contribution in [1.82, 2.24) is 0 Å². The van der Waals surface area contributed by atoms with Crippen LogP contribution in [0.3, 0.4) is 0 Å². The Bertz CT molecular complexity index is 918. The smallest absolute Gasteiger partial charge is 0.131 e. The minimum Gasteiger partial charge on any atom is -0.494 e. The fourth-order valence-electron chi connectivity index (χ4n) is 3.65. The van der Waals surface area contributed by atoms with Gasteiger partial charge in [-0.15, -0.1) is 0 Å². The second-order valence-corrected chi connectivity index (χ2v) is 7.66. The molecule has 0 N–H and O–H groups in total. The first-order valence-corrected chi connectivity index (χ1v) is 11.0. The largest absolute Gasteiger partial charge is 0.494 e. The van der Waals surface area contributed by atoms with Crippen LogP contribution < -0.4 is 4.74 Å². The molecule has 0 saturated carbocycles. The van der Waals surface area contributed by atoms with Gasteiger partial charge >= 0.3 is 0 Å². The summed E-state index contributed by atoms with van der Waals surface area (Å²) in [6, 6.07) is 18.6. The fraction of sp³-hybridized carbons (Fsp3) is 0.333. The zero-order chi connectivity index (χ0) is 21.2. The van der Waals surface area contributed by atoms with Crippen molar-refractivity contribution in [2.75, 3.05) is 6.61 Å². The highest BCUT2D eigenvalue weighted by Crippen LogP contribution is 2.34. The van der Waals surface area contributed by atoms with Gasteiger partial charge in [-0.1, -0.05) is 81.8 Å². The summed E-state index contributed by atoms with van der Waals surface area (Å²) in [6.07, 6.45) is 8.74. The van der Waals surface area contributed by atoms with Gasteiger partial charge in [-0.25, -0.2) is 8.78 Å². The third-order valence-corrected chi connectivity index (χ3v) is 5.33. The van der Waals surface area contributed by atoms with Gasteiger partial charge in [-0.2, -0.15) is 0 Å². The van der Waals surface area contributed by atoms with Crippen LogP contribution in [0.25, 0.3) is 22.3 Å². The molecule has 1 nitrogen and oxygen atoms in total. The third kappa shape index (κ3) is 6.16. The van der Waals surface area contributed by atoms with Gasteiger partial charge in [-0.3, -0.25) is 0 Å². The zero-order valence-corrected chi connectivity index (χ0v) is 17.7. The number of hydrogen-bond donors (Lipinski definition) is 0. The lowest BCUT2D eigenvalue weighted by Gasteiger charge is -2.12. The van der Waals surface area contributed by atoms with Gasteiger partial charge in [0.1, 0.15) is 17.4 Å². The van der Waals surface area contributed by atoms with E-state index in [0.717, 1.165) is 17.7 Å². The lowest BCUT2D eigenvalue weighted by Crippen LogP contribution is -1.97. The van der Waals surface area contributed by atoms with Crippen LogP contribution >= 0.6 is 0 Å². The number of halogens is 2. The van der Waals surface area contributed by atoms with Crippen molar-refractivity contribution < 1.29 is 13.5 Å². The first-order chi connectivity index (χ1) is 14.7. The van der Waals surface area contributed by atoms with E-state index in [-0.39, 0.29) is 11.6 Å². The van der Waals surface area contributed by atoms with Crippen LogP contribution in [0.5, 0.6) is 5.75 Å². The summed E-state index contributed by atoms with van der Waals surface area (Å²) in [4.78, 5) is 0. The van der Waals surface area contributed by atoms with Crippen molar-refractivity contribution in [3.05, 3.63) is 78.4 Å². The average Bonchev–Trinajstić information content (AvgIpc) is 2.77. The monoisotopic (exact) mass is 408 g/mol. The molecule has 30 heavy (non-hydrogen) atoms. The lowest BCUT2D eigenvalue weighted by atomic mass is 9.94. The van der Waals surface area contributed by atoms with Gasteiger partial charge in [0, 0.05) is 5.56 Å². The standard InChI is InChI=1S/C27H30F2O/c1-2-3-4-5-6-7-10-19-30-23-16-13-21(14-17-23)26-20-22(28)15-18-24(26)25-11-8-9-12-27(25)29/h8-9,11-18,20H,2-7,10,19H2,1H3. The Kier molecular flexibility index (Phi) is 8.43. The summed E-state index contributed by atoms with van der Waals surface area (Å²) in [7, 11) is 0. The molecule has 0 unspecified atom stereocenters. The third-order valence-electron chi connectivity index (χ3n) is 5.33. The van der Waals surface area contributed by atoms with Crippen LogP contribution in [-0.4, -0.2) is 6.61 Å². The maximum absolute atomic E-state index is 14.3. The maximum atomic E-state index is 14.3. The Morgan fingerprint density at radius 3 is 2.10 bits per heavy atom. The molecule has 0 aliphatic heterocycles. The molecule has 0 amide bonds. The highest BCUT2D eigenvalue weighted by molar-refractivity contribution is 5.83. The molecule has 0 atom stereocenters. The van der Waals surface area contributed by atoms with Crippen LogP contribution in [-0.2, 0) is 0 Å². The Morgan fingerprint density at radius 2 is 1.37 bits per heavy atom. The molecule has 0 aliphatic rings. The summed E-state index contributed by atoms with van der Waals surface area (Å²) in [6.45, 7) is 2.93. The Labute approximate surface area is 178 Å². The molecule has 0 bridgehead atoms. The normalized spacial score (nSPS) is 10.9. The molecule has 0 fully saturated rings. The van der Waals surface area contributed by atoms with Crippen molar-refractivity contribution in [1.29, 1.82) is 0 Å². The first kappa shape index (κ1) is 22.0. The molecule has 3 rings (SSSR count). The summed E-state index contributed by atoms with van der Waals surface area (Å²) < 4.78 is 34.1. The van der Waals surface area contributed by atoms with E-state index in [9.17, 15) is 8.78 Å². The molecule has 3 aromatic carbocycles. The van der Waals surface area contributed by atoms with E-state index in [1.165, 1.54) is 56.7 Å². The van der Waals surface area contributed by atoms with Crippen molar-refractivity contribution in [3.63, 3.8) is 0 Å². The lowest BCUT2D eigenvalue weighted by molar-refractivity contribution is 0.304. The fourth-order valence-corrected chi connectivity index (χ4v) is 3.65. The van der Waals surface area contributed by atoms with E-state index in [1.807, 2.05) is 24.3 Å². The van der Waals surface area contributed by atoms with Crippen molar-refractivity contribution in [2.24, 2.45) is 0 Å². The molecule has 3 heteroatoms. The Hall–Kier alpha value is -2.68. The van der Waals surface area contributed by atoms with Gasteiger partial charge in [0.2, 0.25) is 0 Å². The highest BCUT2D eigenvalue weighted by atomic mass is 19.1. The predicted molar refractivity (Wildman–Crippen MR) is 121 cm³/mol. The quantitative estimate of drug-likeness (QED) is 0.289. The van der Waals surface area contributed by atoms with Crippen molar-refractivity contribution in [3.8, 4) is 28.0 Å². The van der Waals surface area contributed by atoms with Gasteiger partial charge in [-0.05, 0) is 53.4 Å². The summed E-state index contributed by atoms with van der Waals surface area (Å²) in [5.74, 6) is 0.137. The number of rotatable bonds is 11. The van der Waals surface area contributed by atoms with E-state index >= 15 is 0 Å². The molecule has 0 aromatic heterocycles. The molecule has 158 valence electrons. The van der Waals surface area contributed by atoms with E-state index in [1.54, 1.807) is 24.3 Å². The van der Waals surface area contributed by atoms with Gasteiger partial charge in [0.05, 0.1) is 6.61 Å². The van der Waals surface area contributed by atoms with Crippen LogP contribution in [0, 0.1) is 11.6 Å². The molecule has 0 heterocycles. The van der Waals surface area contributed by atoms with E-state index in [2.05, 4.69) is 6.92 Å². The molecule has 0 spiro atoms. The second kappa shape index (κ2) is 11.5. The minimum atomic E-state index is -0.343. The van der Waals surface area contributed by atoms with Crippen LogP contribution in [0.2, 0.25) is 0 Å². The first-order valence-electron chi connectivity index (χ1n) is 11.0. The van der Waals surface area contributed by atoms with Gasteiger partial charge < -0.3 is 4.74 Å².